The fourth-order valence-electron chi connectivity index (χ4n) is 1.29. The van der Waals surface area contributed by atoms with E-state index in [1.54, 1.807) is 0 Å². The molecule has 0 aromatic rings. The lowest BCUT2D eigenvalue weighted by atomic mass is 9.98. The molecular weight excluding hydrogens is 203 g/mol. The quantitative estimate of drug-likeness (QED) is 0.610. The third-order valence-electron chi connectivity index (χ3n) is 2.00. The molecule has 0 bridgehead atoms. The van der Waals surface area contributed by atoms with Gasteiger partial charge in [0.15, 0.2) is 9.84 Å². The minimum atomic E-state index is -3.49. The number of carboxylic acids is 1. The van der Waals surface area contributed by atoms with Crippen molar-refractivity contribution in [3.8, 4) is 0 Å². The van der Waals surface area contributed by atoms with Crippen molar-refractivity contribution in [1.29, 1.82) is 0 Å². The van der Waals surface area contributed by atoms with Crippen LogP contribution in [-0.2, 0) is 14.6 Å². The van der Waals surface area contributed by atoms with Gasteiger partial charge in [0.2, 0.25) is 6.17 Å². The number of carboxylic acid groups (broad SMARTS) is 1. The van der Waals surface area contributed by atoms with Gasteiger partial charge in [-0.15, -0.1) is 0 Å². The van der Waals surface area contributed by atoms with Gasteiger partial charge < -0.3 is 10.2 Å². The number of rotatable bonds is 2. The van der Waals surface area contributed by atoms with Crippen LogP contribution in [0.3, 0.4) is 0 Å². The van der Waals surface area contributed by atoms with Crippen molar-refractivity contribution in [2.45, 2.75) is 18.2 Å². The maximum Gasteiger partial charge on any atom is 0.341 e. The highest BCUT2D eigenvalue weighted by Crippen LogP contribution is 2.28. The molecule has 1 heterocycles. The number of alkyl halides is 1. The maximum absolute atomic E-state index is 12.8. The summed E-state index contributed by atoms with van der Waals surface area (Å²) in [5, 5.41) is 17.6. The van der Waals surface area contributed by atoms with Crippen LogP contribution in [-0.4, -0.2) is 47.9 Å². The molecule has 2 unspecified atom stereocenters. The van der Waals surface area contributed by atoms with Crippen LogP contribution < -0.4 is 0 Å². The normalized spacial score (nSPS) is 34.3. The zero-order valence-corrected chi connectivity index (χ0v) is 7.42. The molecule has 0 saturated carbocycles. The van der Waals surface area contributed by atoms with Crippen LogP contribution in [0.25, 0.3) is 0 Å². The summed E-state index contributed by atoms with van der Waals surface area (Å²) in [6.45, 7) is 0. The van der Waals surface area contributed by atoms with Crippen molar-refractivity contribution in [3.63, 3.8) is 0 Å². The van der Waals surface area contributed by atoms with Crippen molar-refractivity contribution < 1.29 is 27.8 Å². The number of hydrogen-bond acceptors (Lipinski definition) is 4. The van der Waals surface area contributed by atoms with E-state index in [9.17, 15) is 22.7 Å². The number of halogens is 1. The molecule has 5 nitrogen and oxygen atoms in total. The fourth-order valence-corrected chi connectivity index (χ4v) is 3.15. The van der Waals surface area contributed by atoms with Crippen LogP contribution in [0, 0.1) is 0 Å². The molecule has 0 aliphatic carbocycles. The highest BCUT2D eigenvalue weighted by molar-refractivity contribution is 7.91. The number of hydrogen-bond donors (Lipinski definition) is 2. The van der Waals surface area contributed by atoms with E-state index in [1.807, 2.05) is 0 Å². The number of aliphatic carboxylic acids is 1. The fraction of sp³-hybridized carbons (Fsp3) is 0.833. The summed E-state index contributed by atoms with van der Waals surface area (Å²) in [6, 6.07) is 0. The van der Waals surface area contributed by atoms with Crippen LogP contribution in [0.15, 0.2) is 0 Å². The van der Waals surface area contributed by atoms with E-state index < -0.39 is 33.3 Å². The average molecular weight is 212 g/mol. The number of aliphatic hydroxyl groups is 1. The standard InChI is InChI=1S/C6H9FO5S/c7-4(5(8)9)6(10)1-2-13(11,12)3-6/h4,10H,1-3H2,(H,8,9). The minimum Gasteiger partial charge on any atom is -0.479 e. The van der Waals surface area contributed by atoms with Gasteiger partial charge in [-0.25, -0.2) is 17.6 Å². The van der Waals surface area contributed by atoms with E-state index in [2.05, 4.69) is 0 Å². The predicted molar refractivity (Wildman–Crippen MR) is 40.8 cm³/mol. The van der Waals surface area contributed by atoms with Gasteiger partial charge in [-0.05, 0) is 6.42 Å². The van der Waals surface area contributed by atoms with Gasteiger partial charge in [-0.3, -0.25) is 0 Å². The first-order chi connectivity index (χ1) is 5.77. The molecule has 0 aromatic heterocycles. The predicted octanol–water partition coefficient (Wildman–Crippen LogP) is -1.04. The van der Waals surface area contributed by atoms with Crippen molar-refractivity contribution in [1.82, 2.24) is 0 Å². The van der Waals surface area contributed by atoms with E-state index in [4.69, 9.17) is 5.11 Å². The zero-order chi connectivity index (χ0) is 10.3. The van der Waals surface area contributed by atoms with Gasteiger partial charge in [0.25, 0.3) is 0 Å². The first kappa shape index (κ1) is 10.4. The van der Waals surface area contributed by atoms with Gasteiger partial charge >= 0.3 is 5.97 Å². The number of sulfone groups is 1. The highest BCUT2D eigenvalue weighted by atomic mass is 32.2. The molecule has 1 aliphatic heterocycles. The third-order valence-corrected chi connectivity index (χ3v) is 3.77. The molecule has 0 aromatic carbocycles. The van der Waals surface area contributed by atoms with E-state index in [0.717, 1.165) is 0 Å². The highest BCUT2D eigenvalue weighted by Gasteiger charge is 2.50. The van der Waals surface area contributed by atoms with Crippen molar-refractivity contribution in [3.05, 3.63) is 0 Å². The van der Waals surface area contributed by atoms with Gasteiger partial charge in [-0.2, -0.15) is 0 Å². The molecule has 1 fully saturated rings. The minimum absolute atomic E-state index is 0.358. The van der Waals surface area contributed by atoms with Gasteiger partial charge in [-0.1, -0.05) is 0 Å². The molecule has 13 heavy (non-hydrogen) atoms. The van der Waals surface area contributed by atoms with Crippen molar-refractivity contribution in [2.24, 2.45) is 0 Å². The summed E-state index contributed by atoms with van der Waals surface area (Å²) >= 11 is 0. The molecule has 0 spiro atoms. The largest absolute Gasteiger partial charge is 0.479 e. The monoisotopic (exact) mass is 212 g/mol. The SMILES string of the molecule is O=C(O)C(F)C1(O)CCS(=O)(=O)C1. The lowest BCUT2D eigenvalue weighted by Gasteiger charge is -2.21. The van der Waals surface area contributed by atoms with E-state index in [-0.39, 0.29) is 12.2 Å². The summed E-state index contributed by atoms with van der Waals surface area (Å²) in [5.41, 5.74) is -2.25. The van der Waals surface area contributed by atoms with Gasteiger partial charge in [0, 0.05) is 0 Å². The Bertz CT molecular complexity index is 324. The van der Waals surface area contributed by atoms with Crippen molar-refractivity contribution >= 4 is 15.8 Å². The Balaban J connectivity index is 2.87. The Morgan fingerprint density at radius 3 is 2.38 bits per heavy atom. The Kier molecular flexibility index (Phi) is 2.33. The molecule has 1 aliphatic rings. The average Bonchev–Trinajstić information content (AvgIpc) is 2.25. The van der Waals surface area contributed by atoms with Crippen LogP contribution in [0.5, 0.6) is 0 Å². The Labute approximate surface area is 74.1 Å². The first-order valence-corrected chi connectivity index (χ1v) is 5.39. The van der Waals surface area contributed by atoms with Crippen LogP contribution in [0.1, 0.15) is 6.42 Å². The van der Waals surface area contributed by atoms with Crippen molar-refractivity contribution in [2.75, 3.05) is 11.5 Å². The molecule has 2 N–H and O–H groups in total. The molecule has 76 valence electrons. The van der Waals surface area contributed by atoms with Gasteiger partial charge in [0.1, 0.15) is 5.60 Å². The smallest absolute Gasteiger partial charge is 0.341 e. The van der Waals surface area contributed by atoms with Crippen LogP contribution in [0.2, 0.25) is 0 Å². The molecular formula is C6H9FO5S. The van der Waals surface area contributed by atoms with Gasteiger partial charge in [0.05, 0.1) is 11.5 Å². The molecule has 1 saturated heterocycles. The zero-order valence-electron chi connectivity index (χ0n) is 6.60. The lowest BCUT2D eigenvalue weighted by Crippen LogP contribution is -2.45. The van der Waals surface area contributed by atoms with E-state index in [0.29, 0.717) is 0 Å². The second-order valence-electron chi connectivity index (χ2n) is 3.15. The molecule has 2 atom stereocenters. The summed E-state index contributed by atoms with van der Waals surface area (Å²) < 4.78 is 34.6. The second-order valence-corrected chi connectivity index (χ2v) is 5.33. The first-order valence-electron chi connectivity index (χ1n) is 3.56. The Morgan fingerprint density at radius 1 is 1.54 bits per heavy atom. The summed E-state index contributed by atoms with van der Waals surface area (Å²) in [7, 11) is -3.49. The molecule has 0 radical (unpaired) electrons. The lowest BCUT2D eigenvalue weighted by molar-refractivity contribution is -0.152. The summed E-state index contributed by atoms with van der Waals surface area (Å²) in [4.78, 5) is 10.2. The second kappa shape index (κ2) is 2.91. The van der Waals surface area contributed by atoms with E-state index in [1.165, 1.54) is 0 Å². The maximum atomic E-state index is 12.8. The molecule has 7 heteroatoms. The molecule has 0 amide bonds. The van der Waals surface area contributed by atoms with Crippen LogP contribution >= 0.6 is 0 Å². The number of carbonyl (C=O) groups is 1. The summed E-state index contributed by atoms with van der Waals surface area (Å²) in [6.07, 6.45) is -2.90. The third kappa shape index (κ3) is 1.97. The molecule has 1 rings (SSSR count). The Morgan fingerprint density at radius 2 is 2.08 bits per heavy atom. The topological polar surface area (TPSA) is 91.7 Å². The van der Waals surface area contributed by atoms with Crippen LogP contribution in [0.4, 0.5) is 4.39 Å². The summed E-state index contributed by atoms with van der Waals surface area (Å²) in [5.74, 6) is -3.01. The Hall–Kier alpha value is -0.690. The van der Waals surface area contributed by atoms with E-state index >= 15 is 0 Å².